The molecule has 0 aliphatic carbocycles. The molecule has 0 saturated carbocycles. The molecule has 0 radical (unpaired) electrons. The van der Waals surface area contributed by atoms with Crippen LogP contribution in [0.15, 0.2) is 59.6 Å². The van der Waals surface area contributed by atoms with Crippen molar-refractivity contribution in [2.24, 2.45) is 10.9 Å². The van der Waals surface area contributed by atoms with Crippen LogP contribution in [0.25, 0.3) is 0 Å². The minimum atomic E-state index is 0.142. The summed E-state index contributed by atoms with van der Waals surface area (Å²) >= 11 is 5.97. The Bertz CT molecular complexity index is 718. The highest BCUT2D eigenvalue weighted by atomic mass is 35.5. The number of ether oxygens (including phenoxy) is 1. The first-order valence-corrected chi connectivity index (χ1v) is 9.44. The molecule has 1 heterocycles. The highest BCUT2D eigenvalue weighted by Crippen LogP contribution is 2.33. The monoisotopic (exact) mass is 371 g/mol. The molecule has 0 amide bonds. The van der Waals surface area contributed by atoms with Gasteiger partial charge in [-0.2, -0.15) is 0 Å². The molecule has 138 valence electrons. The second-order valence-electron chi connectivity index (χ2n) is 6.62. The lowest BCUT2D eigenvalue weighted by molar-refractivity contribution is 0.0915. The van der Waals surface area contributed by atoms with Crippen LogP contribution in [0.5, 0.6) is 0 Å². The first-order valence-electron chi connectivity index (χ1n) is 9.06. The number of guanidine groups is 1. The Labute approximate surface area is 160 Å². The summed E-state index contributed by atoms with van der Waals surface area (Å²) < 4.78 is 5.97. The van der Waals surface area contributed by atoms with Crippen LogP contribution >= 0.6 is 11.6 Å². The van der Waals surface area contributed by atoms with Crippen LogP contribution < -0.4 is 10.6 Å². The molecule has 26 heavy (non-hydrogen) atoms. The van der Waals surface area contributed by atoms with E-state index in [0.717, 1.165) is 30.6 Å². The van der Waals surface area contributed by atoms with E-state index in [4.69, 9.17) is 16.3 Å². The van der Waals surface area contributed by atoms with Crippen LogP contribution in [0.1, 0.15) is 36.6 Å². The lowest BCUT2D eigenvalue weighted by Crippen LogP contribution is -2.41. The second-order valence-corrected chi connectivity index (χ2v) is 7.06. The van der Waals surface area contributed by atoms with Crippen LogP contribution in [0.2, 0.25) is 5.02 Å². The number of nitrogens with zero attached hydrogens (tertiary/aromatic N) is 1. The normalized spacial score (nSPS) is 21.4. The fourth-order valence-electron chi connectivity index (χ4n) is 3.32. The molecule has 4 nitrogen and oxygen atoms in total. The zero-order valence-electron chi connectivity index (χ0n) is 15.3. The predicted molar refractivity (Wildman–Crippen MR) is 108 cm³/mol. The second kappa shape index (κ2) is 9.06. The summed E-state index contributed by atoms with van der Waals surface area (Å²) in [5, 5.41) is 7.64. The summed E-state index contributed by atoms with van der Waals surface area (Å²) in [5.41, 5.74) is 2.41. The molecular weight excluding hydrogens is 346 g/mol. The first-order chi connectivity index (χ1) is 12.7. The van der Waals surface area contributed by atoms with Crippen LogP contribution in [0, 0.1) is 5.92 Å². The number of halogens is 1. The van der Waals surface area contributed by atoms with Crippen molar-refractivity contribution in [3.8, 4) is 0 Å². The Hall–Kier alpha value is -2.04. The van der Waals surface area contributed by atoms with E-state index in [2.05, 4.69) is 46.8 Å². The molecule has 2 aromatic carbocycles. The number of nitrogens with one attached hydrogen (secondary N) is 2. The van der Waals surface area contributed by atoms with Crippen molar-refractivity contribution in [1.82, 2.24) is 10.6 Å². The van der Waals surface area contributed by atoms with Gasteiger partial charge in [-0.3, -0.25) is 4.99 Å². The van der Waals surface area contributed by atoms with Crippen molar-refractivity contribution in [2.75, 3.05) is 20.2 Å². The third kappa shape index (κ3) is 4.77. The number of aliphatic imine (C=N–C) groups is 1. The maximum absolute atomic E-state index is 5.97. The molecule has 1 aliphatic heterocycles. The van der Waals surface area contributed by atoms with Gasteiger partial charge in [-0.05, 0) is 36.6 Å². The summed E-state index contributed by atoms with van der Waals surface area (Å²) in [4.78, 5) is 4.36. The number of rotatable bonds is 5. The molecule has 3 rings (SSSR count). The molecule has 2 N–H and O–H groups in total. The zero-order valence-corrected chi connectivity index (χ0v) is 16.0. The molecule has 5 heteroatoms. The molecule has 3 unspecified atom stereocenters. The minimum absolute atomic E-state index is 0.142. The highest BCUT2D eigenvalue weighted by molar-refractivity contribution is 6.30. The highest BCUT2D eigenvalue weighted by Gasteiger charge is 2.29. The fourth-order valence-corrected chi connectivity index (χ4v) is 3.44. The van der Waals surface area contributed by atoms with Crippen LogP contribution in [-0.2, 0) is 4.74 Å². The van der Waals surface area contributed by atoms with E-state index in [9.17, 15) is 0 Å². The Morgan fingerprint density at radius 3 is 2.62 bits per heavy atom. The first kappa shape index (κ1) is 18.7. The number of hydrogen-bond donors (Lipinski definition) is 2. The predicted octanol–water partition coefficient (Wildman–Crippen LogP) is 4.34. The standard InChI is InChI=1S/C21H26ClN3O/c1-15(16-8-10-19(22)11-9-16)25-21(23-2)24-14-18-12-13-26-20(18)17-6-4-3-5-7-17/h3-11,15,18,20H,12-14H2,1-2H3,(H2,23,24,25). The van der Waals surface area contributed by atoms with E-state index >= 15 is 0 Å². The van der Waals surface area contributed by atoms with Crippen molar-refractivity contribution in [1.29, 1.82) is 0 Å². The van der Waals surface area contributed by atoms with E-state index in [-0.39, 0.29) is 12.1 Å². The van der Waals surface area contributed by atoms with Gasteiger partial charge in [0.05, 0.1) is 12.1 Å². The van der Waals surface area contributed by atoms with Gasteiger partial charge in [0.1, 0.15) is 0 Å². The van der Waals surface area contributed by atoms with Gasteiger partial charge in [0.2, 0.25) is 0 Å². The van der Waals surface area contributed by atoms with Gasteiger partial charge < -0.3 is 15.4 Å². The van der Waals surface area contributed by atoms with Gasteiger partial charge in [0.25, 0.3) is 0 Å². The molecule has 0 bridgehead atoms. The van der Waals surface area contributed by atoms with Gasteiger partial charge in [-0.15, -0.1) is 0 Å². The van der Waals surface area contributed by atoms with Gasteiger partial charge in [0, 0.05) is 31.1 Å². The van der Waals surface area contributed by atoms with E-state index in [1.54, 1.807) is 7.05 Å². The van der Waals surface area contributed by atoms with Gasteiger partial charge in [-0.25, -0.2) is 0 Å². The van der Waals surface area contributed by atoms with E-state index in [1.165, 1.54) is 11.1 Å². The summed E-state index contributed by atoms with van der Waals surface area (Å²) in [6, 6.07) is 18.5. The largest absolute Gasteiger partial charge is 0.373 e. The molecule has 1 fully saturated rings. The van der Waals surface area contributed by atoms with E-state index < -0.39 is 0 Å². The van der Waals surface area contributed by atoms with E-state index in [1.807, 2.05) is 30.3 Å². The Morgan fingerprint density at radius 1 is 1.19 bits per heavy atom. The summed E-state index contributed by atoms with van der Waals surface area (Å²) in [6.45, 7) is 3.74. The lowest BCUT2D eigenvalue weighted by Gasteiger charge is -2.22. The van der Waals surface area contributed by atoms with Gasteiger partial charge in [0.15, 0.2) is 5.96 Å². The van der Waals surface area contributed by atoms with Crippen LogP contribution in [0.3, 0.4) is 0 Å². The summed E-state index contributed by atoms with van der Waals surface area (Å²) in [7, 11) is 1.80. The molecule has 2 aromatic rings. The molecule has 1 saturated heterocycles. The quantitative estimate of drug-likeness (QED) is 0.607. The summed E-state index contributed by atoms with van der Waals surface area (Å²) in [5.74, 6) is 1.23. The fraction of sp³-hybridized carbons (Fsp3) is 0.381. The Balaban J connectivity index is 1.56. The average molecular weight is 372 g/mol. The van der Waals surface area contributed by atoms with Crippen LogP contribution in [-0.4, -0.2) is 26.2 Å². The molecule has 0 spiro atoms. The molecule has 3 atom stereocenters. The van der Waals surface area contributed by atoms with Crippen LogP contribution in [0.4, 0.5) is 0 Å². The maximum Gasteiger partial charge on any atom is 0.191 e. The molecule has 0 aromatic heterocycles. The Morgan fingerprint density at radius 2 is 1.92 bits per heavy atom. The van der Waals surface area contributed by atoms with Crippen molar-refractivity contribution in [3.63, 3.8) is 0 Å². The topological polar surface area (TPSA) is 45.7 Å². The third-order valence-electron chi connectivity index (χ3n) is 4.82. The third-order valence-corrected chi connectivity index (χ3v) is 5.07. The van der Waals surface area contributed by atoms with Gasteiger partial charge in [-0.1, -0.05) is 54.1 Å². The lowest BCUT2D eigenvalue weighted by atomic mass is 9.95. The van der Waals surface area contributed by atoms with Crippen molar-refractivity contribution in [3.05, 3.63) is 70.7 Å². The smallest absolute Gasteiger partial charge is 0.191 e. The SMILES string of the molecule is CN=C(NCC1CCOC1c1ccccc1)NC(C)c1ccc(Cl)cc1. The van der Waals surface area contributed by atoms with Crippen molar-refractivity contribution < 1.29 is 4.74 Å². The molecule has 1 aliphatic rings. The minimum Gasteiger partial charge on any atom is -0.373 e. The number of benzene rings is 2. The van der Waals surface area contributed by atoms with E-state index in [0.29, 0.717) is 5.92 Å². The zero-order chi connectivity index (χ0) is 18.4. The molecular formula is C21H26ClN3O. The average Bonchev–Trinajstić information content (AvgIpc) is 3.14. The number of hydrogen-bond acceptors (Lipinski definition) is 2. The van der Waals surface area contributed by atoms with Crippen molar-refractivity contribution in [2.45, 2.75) is 25.5 Å². The summed E-state index contributed by atoms with van der Waals surface area (Å²) in [6.07, 6.45) is 1.20. The van der Waals surface area contributed by atoms with Crippen molar-refractivity contribution >= 4 is 17.6 Å². The maximum atomic E-state index is 5.97. The Kier molecular flexibility index (Phi) is 6.53. The van der Waals surface area contributed by atoms with Gasteiger partial charge >= 0.3 is 0 Å².